The largest absolute Gasteiger partial charge is 0.494 e. The van der Waals surface area contributed by atoms with Crippen molar-refractivity contribution in [1.82, 2.24) is 5.32 Å². The number of ether oxygens (including phenoxy) is 2. The Hall–Kier alpha value is -1.10. The van der Waals surface area contributed by atoms with Gasteiger partial charge in [0.15, 0.2) is 0 Å². The number of rotatable bonds is 6. The summed E-state index contributed by atoms with van der Waals surface area (Å²) >= 11 is 0. The monoisotopic (exact) mass is 264 g/mol. The van der Waals surface area contributed by atoms with Gasteiger partial charge in [0.1, 0.15) is 5.75 Å². The molecule has 3 N–H and O–H groups in total. The van der Waals surface area contributed by atoms with Gasteiger partial charge in [0, 0.05) is 18.0 Å². The van der Waals surface area contributed by atoms with Gasteiger partial charge in [-0.05, 0) is 38.1 Å². The summed E-state index contributed by atoms with van der Waals surface area (Å²) in [5.74, 6) is 0.952. The van der Waals surface area contributed by atoms with E-state index in [-0.39, 0.29) is 11.5 Å². The van der Waals surface area contributed by atoms with Gasteiger partial charge in [-0.25, -0.2) is 0 Å². The summed E-state index contributed by atoms with van der Waals surface area (Å²) in [6, 6.07) is 6.57. The van der Waals surface area contributed by atoms with Gasteiger partial charge in [-0.3, -0.25) is 0 Å². The van der Waals surface area contributed by atoms with Crippen LogP contribution in [0.4, 0.5) is 0 Å². The third kappa shape index (κ3) is 2.61. The number of benzene rings is 1. The van der Waals surface area contributed by atoms with Gasteiger partial charge in [-0.1, -0.05) is 12.1 Å². The molecular formula is C15H24N2O2. The summed E-state index contributed by atoms with van der Waals surface area (Å²) in [5.41, 5.74) is 8.38. The lowest BCUT2D eigenvalue weighted by Gasteiger charge is -2.46. The summed E-state index contributed by atoms with van der Waals surface area (Å²) in [7, 11) is 1.98. The fourth-order valence-corrected chi connectivity index (χ4v) is 2.76. The zero-order valence-electron chi connectivity index (χ0n) is 12.0. The highest BCUT2D eigenvalue weighted by Gasteiger charge is 2.44. The Kier molecular flexibility index (Phi) is 4.45. The van der Waals surface area contributed by atoms with Crippen LogP contribution in [0, 0.1) is 12.3 Å². The van der Waals surface area contributed by atoms with Crippen LogP contribution >= 0.6 is 0 Å². The van der Waals surface area contributed by atoms with Gasteiger partial charge in [-0.15, -0.1) is 0 Å². The fourth-order valence-electron chi connectivity index (χ4n) is 2.76. The predicted molar refractivity (Wildman–Crippen MR) is 76.5 cm³/mol. The number of nitrogens with two attached hydrogens (primary N) is 1. The molecule has 0 aliphatic carbocycles. The van der Waals surface area contributed by atoms with E-state index in [1.54, 1.807) is 0 Å². The molecule has 19 heavy (non-hydrogen) atoms. The maximum absolute atomic E-state index is 5.95. The van der Waals surface area contributed by atoms with Crippen molar-refractivity contribution < 1.29 is 9.47 Å². The van der Waals surface area contributed by atoms with Crippen LogP contribution in [0.5, 0.6) is 5.75 Å². The molecular weight excluding hydrogens is 240 g/mol. The van der Waals surface area contributed by atoms with E-state index < -0.39 is 0 Å². The standard InChI is InChI=1S/C15H24N2O2/c1-4-19-13-6-5-12(7-11(13)2)14(17-3)15(8-16)9-18-10-15/h5-7,14,17H,4,8-10,16H2,1-3H3. The number of hydrogen-bond acceptors (Lipinski definition) is 4. The molecule has 2 rings (SSSR count). The summed E-state index contributed by atoms with van der Waals surface area (Å²) in [6.45, 7) is 6.84. The highest BCUT2D eigenvalue weighted by molar-refractivity contribution is 5.38. The van der Waals surface area contributed by atoms with Gasteiger partial charge in [0.05, 0.1) is 19.8 Å². The van der Waals surface area contributed by atoms with Crippen LogP contribution in [0.3, 0.4) is 0 Å². The van der Waals surface area contributed by atoms with Gasteiger partial charge < -0.3 is 20.5 Å². The van der Waals surface area contributed by atoms with Crippen molar-refractivity contribution >= 4 is 0 Å². The van der Waals surface area contributed by atoms with Gasteiger partial charge >= 0.3 is 0 Å². The minimum Gasteiger partial charge on any atom is -0.494 e. The van der Waals surface area contributed by atoms with E-state index in [0.29, 0.717) is 13.2 Å². The fraction of sp³-hybridized carbons (Fsp3) is 0.600. The van der Waals surface area contributed by atoms with Crippen molar-refractivity contribution in [2.75, 3.05) is 33.4 Å². The molecule has 0 aromatic heterocycles. The molecule has 1 heterocycles. The molecule has 0 radical (unpaired) electrons. The molecule has 1 aliphatic heterocycles. The Bertz CT molecular complexity index is 425. The third-order valence-electron chi connectivity index (χ3n) is 3.92. The second-order valence-electron chi connectivity index (χ2n) is 5.24. The zero-order chi connectivity index (χ0) is 13.9. The van der Waals surface area contributed by atoms with Crippen molar-refractivity contribution in [3.8, 4) is 5.75 Å². The summed E-state index contributed by atoms with van der Waals surface area (Å²) in [6.07, 6.45) is 0. The number of aryl methyl sites for hydroxylation is 1. The van der Waals surface area contributed by atoms with Gasteiger partial charge in [0.2, 0.25) is 0 Å². The molecule has 1 aromatic rings. The predicted octanol–water partition coefficient (Wildman–Crippen LogP) is 1.63. The molecule has 1 saturated heterocycles. The summed E-state index contributed by atoms with van der Waals surface area (Å²) in [5, 5.41) is 3.39. The lowest BCUT2D eigenvalue weighted by molar-refractivity contribution is -0.126. The smallest absolute Gasteiger partial charge is 0.122 e. The molecule has 1 aliphatic rings. The maximum atomic E-state index is 5.95. The first kappa shape index (κ1) is 14.3. The Morgan fingerprint density at radius 1 is 1.47 bits per heavy atom. The normalized spacial score (nSPS) is 18.7. The molecule has 0 amide bonds. The second-order valence-corrected chi connectivity index (χ2v) is 5.24. The van der Waals surface area contributed by atoms with Crippen molar-refractivity contribution in [3.63, 3.8) is 0 Å². The van der Waals surface area contributed by atoms with Gasteiger partial charge in [-0.2, -0.15) is 0 Å². The number of nitrogens with one attached hydrogen (secondary N) is 1. The first-order valence-electron chi connectivity index (χ1n) is 6.85. The van der Waals surface area contributed by atoms with E-state index in [0.717, 1.165) is 24.5 Å². The molecule has 0 saturated carbocycles. The van der Waals surface area contributed by atoms with E-state index >= 15 is 0 Å². The minimum absolute atomic E-state index is 0.0221. The van der Waals surface area contributed by atoms with Crippen LogP contribution in [0.15, 0.2) is 18.2 Å². The van der Waals surface area contributed by atoms with Gasteiger partial charge in [0.25, 0.3) is 0 Å². The number of hydrogen-bond donors (Lipinski definition) is 2. The van der Waals surface area contributed by atoms with Crippen LogP contribution in [0.1, 0.15) is 24.1 Å². The highest BCUT2D eigenvalue weighted by atomic mass is 16.5. The molecule has 0 spiro atoms. The molecule has 4 nitrogen and oxygen atoms in total. The lowest BCUT2D eigenvalue weighted by Crippen LogP contribution is -2.55. The molecule has 1 unspecified atom stereocenters. The maximum Gasteiger partial charge on any atom is 0.122 e. The van der Waals surface area contributed by atoms with Crippen molar-refractivity contribution in [2.45, 2.75) is 19.9 Å². The quantitative estimate of drug-likeness (QED) is 0.820. The van der Waals surface area contributed by atoms with E-state index in [2.05, 4.69) is 24.4 Å². The van der Waals surface area contributed by atoms with E-state index in [4.69, 9.17) is 15.2 Å². The topological polar surface area (TPSA) is 56.5 Å². The average Bonchev–Trinajstić information content (AvgIpc) is 2.36. The summed E-state index contributed by atoms with van der Waals surface area (Å²) < 4.78 is 11.0. The Balaban J connectivity index is 2.26. The Labute approximate surface area is 115 Å². The van der Waals surface area contributed by atoms with Crippen LogP contribution in [-0.4, -0.2) is 33.4 Å². The van der Waals surface area contributed by atoms with Crippen LogP contribution < -0.4 is 15.8 Å². The molecule has 0 bridgehead atoms. The van der Waals surface area contributed by atoms with Crippen molar-refractivity contribution in [1.29, 1.82) is 0 Å². The summed E-state index contributed by atoms with van der Waals surface area (Å²) in [4.78, 5) is 0. The van der Waals surface area contributed by atoms with Crippen molar-refractivity contribution in [2.24, 2.45) is 11.1 Å². The lowest BCUT2D eigenvalue weighted by atomic mass is 9.75. The first-order valence-corrected chi connectivity index (χ1v) is 6.85. The van der Waals surface area contributed by atoms with E-state index in [9.17, 15) is 0 Å². The Morgan fingerprint density at radius 2 is 2.21 bits per heavy atom. The third-order valence-corrected chi connectivity index (χ3v) is 3.92. The molecule has 1 atom stereocenters. The zero-order valence-corrected chi connectivity index (χ0v) is 12.0. The molecule has 4 heteroatoms. The van der Waals surface area contributed by atoms with Crippen LogP contribution in [0.25, 0.3) is 0 Å². The molecule has 106 valence electrons. The SMILES string of the molecule is CCOc1ccc(C(NC)C2(CN)COC2)cc1C. The average molecular weight is 264 g/mol. The van der Waals surface area contributed by atoms with Crippen LogP contribution in [0.2, 0.25) is 0 Å². The van der Waals surface area contributed by atoms with Crippen molar-refractivity contribution in [3.05, 3.63) is 29.3 Å². The van der Waals surface area contributed by atoms with E-state index in [1.807, 2.05) is 20.0 Å². The molecule has 1 fully saturated rings. The minimum atomic E-state index is 0.0221. The second kappa shape index (κ2) is 5.90. The first-order chi connectivity index (χ1) is 9.16. The van der Waals surface area contributed by atoms with E-state index in [1.165, 1.54) is 5.56 Å². The van der Waals surface area contributed by atoms with Crippen LogP contribution in [-0.2, 0) is 4.74 Å². The Morgan fingerprint density at radius 3 is 2.63 bits per heavy atom. The highest BCUT2D eigenvalue weighted by Crippen LogP contribution is 2.40. The molecule has 1 aromatic carbocycles.